The van der Waals surface area contributed by atoms with Gasteiger partial charge in [0.1, 0.15) is 0 Å². The predicted octanol–water partition coefficient (Wildman–Crippen LogP) is 3.43. The van der Waals surface area contributed by atoms with Crippen LogP contribution < -0.4 is 0 Å². The van der Waals surface area contributed by atoms with Crippen LogP contribution in [0, 0.1) is 17.2 Å². The summed E-state index contributed by atoms with van der Waals surface area (Å²) >= 11 is 1.80. The summed E-state index contributed by atoms with van der Waals surface area (Å²) in [7, 11) is 0. The third-order valence-corrected chi connectivity index (χ3v) is 4.04. The van der Waals surface area contributed by atoms with Gasteiger partial charge >= 0.3 is 0 Å². The van der Waals surface area contributed by atoms with E-state index in [1.807, 2.05) is 6.92 Å². The number of nitrogens with zero attached hydrogens (tertiary/aromatic N) is 1. The van der Waals surface area contributed by atoms with Gasteiger partial charge in [0.05, 0.1) is 12.0 Å². The minimum atomic E-state index is 0.142. The number of fused-ring (bicyclic) bond motifs is 1. The monoisotopic (exact) mass is 217 g/mol. The molecule has 78 valence electrons. The Morgan fingerprint density at radius 3 is 3.00 bits per heavy atom. The van der Waals surface area contributed by atoms with E-state index in [1.54, 1.807) is 11.8 Å². The largest absolute Gasteiger partial charge is 0.198 e. The first-order valence-corrected chi connectivity index (χ1v) is 6.42. The number of thioether (sulfide) groups is 1. The summed E-state index contributed by atoms with van der Waals surface area (Å²) in [5.74, 6) is 1.04. The molecule has 0 heterocycles. The second-order valence-electron chi connectivity index (χ2n) is 4.13. The standard InChI is InChI=1S/C13H15NS/c1-10(8-14)9-15-13-6-5-11-3-2-4-12(11)7-13/h5-7,10H,2-4,9H2,1H3. The van der Waals surface area contributed by atoms with Crippen molar-refractivity contribution in [1.29, 1.82) is 5.26 Å². The third kappa shape index (κ3) is 2.54. The van der Waals surface area contributed by atoms with Gasteiger partial charge in [0.2, 0.25) is 0 Å². The molecule has 0 N–H and O–H groups in total. The van der Waals surface area contributed by atoms with Gasteiger partial charge in [-0.15, -0.1) is 11.8 Å². The highest BCUT2D eigenvalue weighted by atomic mass is 32.2. The van der Waals surface area contributed by atoms with Crippen LogP contribution in [0.4, 0.5) is 0 Å². The van der Waals surface area contributed by atoms with Crippen molar-refractivity contribution in [1.82, 2.24) is 0 Å². The number of aryl methyl sites for hydroxylation is 2. The van der Waals surface area contributed by atoms with Crippen LogP contribution in [-0.4, -0.2) is 5.75 Å². The van der Waals surface area contributed by atoms with Crippen LogP contribution in [0.2, 0.25) is 0 Å². The van der Waals surface area contributed by atoms with Gasteiger partial charge in [0.15, 0.2) is 0 Å². The minimum absolute atomic E-state index is 0.142. The molecule has 0 spiro atoms. The highest BCUT2D eigenvalue weighted by Crippen LogP contribution is 2.28. The van der Waals surface area contributed by atoms with E-state index < -0.39 is 0 Å². The molecule has 0 fully saturated rings. The zero-order chi connectivity index (χ0) is 10.7. The first-order chi connectivity index (χ1) is 7.29. The average Bonchev–Trinajstić information content (AvgIpc) is 2.72. The van der Waals surface area contributed by atoms with Crippen molar-refractivity contribution in [2.45, 2.75) is 31.1 Å². The van der Waals surface area contributed by atoms with Crippen LogP contribution in [0.5, 0.6) is 0 Å². The molecular weight excluding hydrogens is 202 g/mol. The molecule has 0 bridgehead atoms. The molecule has 1 aromatic carbocycles. The van der Waals surface area contributed by atoms with Gasteiger partial charge in [-0.3, -0.25) is 0 Å². The lowest BCUT2D eigenvalue weighted by atomic mass is 10.1. The molecule has 1 atom stereocenters. The molecule has 1 aliphatic rings. The average molecular weight is 217 g/mol. The van der Waals surface area contributed by atoms with Gasteiger partial charge in [-0.05, 0) is 49.4 Å². The van der Waals surface area contributed by atoms with Crippen LogP contribution >= 0.6 is 11.8 Å². The van der Waals surface area contributed by atoms with Crippen molar-refractivity contribution in [3.8, 4) is 6.07 Å². The van der Waals surface area contributed by atoms with Gasteiger partial charge in [0, 0.05) is 10.6 Å². The zero-order valence-electron chi connectivity index (χ0n) is 8.99. The smallest absolute Gasteiger partial charge is 0.0661 e. The Bertz CT molecular complexity index is 392. The summed E-state index contributed by atoms with van der Waals surface area (Å²) in [5.41, 5.74) is 3.04. The molecule has 0 aliphatic heterocycles. The van der Waals surface area contributed by atoms with Crippen molar-refractivity contribution in [3.05, 3.63) is 29.3 Å². The molecule has 0 aromatic heterocycles. The lowest BCUT2D eigenvalue weighted by molar-refractivity contribution is 0.864. The van der Waals surface area contributed by atoms with Crippen molar-refractivity contribution >= 4 is 11.8 Å². The maximum Gasteiger partial charge on any atom is 0.0661 e. The molecule has 15 heavy (non-hydrogen) atoms. The van der Waals surface area contributed by atoms with E-state index in [2.05, 4.69) is 24.3 Å². The first kappa shape index (κ1) is 10.6. The van der Waals surface area contributed by atoms with Gasteiger partial charge in [0.25, 0.3) is 0 Å². The van der Waals surface area contributed by atoms with Crippen molar-refractivity contribution < 1.29 is 0 Å². The lowest BCUT2D eigenvalue weighted by Gasteiger charge is -2.05. The summed E-state index contributed by atoms with van der Waals surface area (Å²) in [4.78, 5) is 1.32. The number of rotatable bonds is 3. The van der Waals surface area contributed by atoms with Crippen LogP contribution in [0.3, 0.4) is 0 Å². The third-order valence-electron chi connectivity index (χ3n) is 2.79. The SMILES string of the molecule is CC(C#N)CSc1ccc2c(c1)CCC2. The van der Waals surface area contributed by atoms with Gasteiger partial charge < -0.3 is 0 Å². The molecule has 0 saturated carbocycles. The number of benzene rings is 1. The van der Waals surface area contributed by atoms with Crippen molar-refractivity contribution in [2.24, 2.45) is 5.92 Å². The maximum atomic E-state index is 8.70. The summed E-state index contributed by atoms with van der Waals surface area (Å²) < 4.78 is 0. The van der Waals surface area contributed by atoms with Crippen molar-refractivity contribution in [3.63, 3.8) is 0 Å². The molecule has 0 saturated heterocycles. The Kier molecular flexibility index (Phi) is 3.33. The van der Waals surface area contributed by atoms with Gasteiger partial charge in [-0.2, -0.15) is 5.26 Å². The Morgan fingerprint density at radius 2 is 2.20 bits per heavy atom. The van der Waals surface area contributed by atoms with E-state index >= 15 is 0 Å². The first-order valence-electron chi connectivity index (χ1n) is 5.44. The van der Waals surface area contributed by atoms with E-state index in [0.29, 0.717) is 0 Å². The summed E-state index contributed by atoms with van der Waals surface area (Å²) in [5, 5.41) is 8.70. The summed E-state index contributed by atoms with van der Waals surface area (Å²) in [6.07, 6.45) is 3.78. The fraction of sp³-hybridized carbons (Fsp3) is 0.462. The van der Waals surface area contributed by atoms with Crippen molar-refractivity contribution in [2.75, 3.05) is 5.75 Å². The van der Waals surface area contributed by atoms with Crippen LogP contribution in [0.1, 0.15) is 24.5 Å². The fourth-order valence-electron chi connectivity index (χ4n) is 1.90. The number of hydrogen-bond acceptors (Lipinski definition) is 2. The quantitative estimate of drug-likeness (QED) is 0.724. The van der Waals surface area contributed by atoms with E-state index in [-0.39, 0.29) is 5.92 Å². The lowest BCUT2D eigenvalue weighted by Crippen LogP contribution is -1.93. The van der Waals surface area contributed by atoms with E-state index in [1.165, 1.54) is 35.3 Å². The second-order valence-corrected chi connectivity index (χ2v) is 5.22. The van der Waals surface area contributed by atoms with Gasteiger partial charge in [-0.25, -0.2) is 0 Å². The Hall–Kier alpha value is -0.940. The highest BCUT2D eigenvalue weighted by Gasteiger charge is 2.11. The molecule has 0 amide bonds. The normalized spacial score (nSPS) is 15.7. The molecule has 2 heteroatoms. The Morgan fingerprint density at radius 1 is 1.40 bits per heavy atom. The number of hydrogen-bond donors (Lipinski definition) is 0. The summed E-state index contributed by atoms with van der Waals surface area (Å²) in [6, 6.07) is 9.01. The topological polar surface area (TPSA) is 23.8 Å². The van der Waals surface area contributed by atoms with E-state index in [4.69, 9.17) is 5.26 Å². The molecule has 1 aromatic rings. The number of nitriles is 1. The zero-order valence-corrected chi connectivity index (χ0v) is 9.81. The van der Waals surface area contributed by atoms with E-state index in [9.17, 15) is 0 Å². The Labute approximate surface area is 95.5 Å². The summed E-state index contributed by atoms with van der Waals surface area (Å²) in [6.45, 7) is 1.97. The van der Waals surface area contributed by atoms with E-state index in [0.717, 1.165) is 5.75 Å². The molecule has 1 nitrogen and oxygen atoms in total. The van der Waals surface area contributed by atoms with Gasteiger partial charge in [-0.1, -0.05) is 6.07 Å². The van der Waals surface area contributed by atoms with Crippen LogP contribution in [-0.2, 0) is 12.8 Å². The van der Waals surface area contributed by atoms with Crippen LogP contribution in [0.15, 0.2) is 23.1 Å². The molecule has 1 unspecified atom stereocenters. The highest BCUT2D eigenvalue weighted by molar-refractivity contribution is 7.99. The van der Waals surface area contributed by atoms with Crippen LogP contribution in [0.25, 0.3) is 0 Å². The molecule has 2 rings (SSSR count). The fourth-order valence-corrected chi connectivity index (χ4v) is 2.80. The second kappa shape index (κ2) is 4.72. The maximum absolute atomic E-state index is 8.70. The molecular formula is C13H15NS. The molecule has 1 aliphatic carbocycles. The predicted molar refractivity (Wildman–Crippen MR) is 64.0 cm³/mol. The Balaban J connectivity index is 2.01. The minimum Gasteiger partial charge on any atom is -0.198 e. The molecule has 0 radical (unpaired) electrons.